The van der Waals surface area contributed by atoms with Crippen molar-refractivity contribution in [1.82, 2.24) is 0 Å². The van der Waals surface area contributed by atoms with Gasteiger partial charge < -0.3 is 10.5 Å². The molecule has 1 aromatic carbocycles. The number of nitrogens with one attached hydrogen (secondary N) is 1. The molecule has 4 nitrogen and oxygen atoms in total. The number of carbonyl (C=O) groups is 1. The zero-order chi connectivity index (χ0) is 12.3. The molecule has 0 aliphatic rings. The van der Waals surface area contributed by atoms with Gasteiger partial charge in [-0.05, 0) is 24.3 Å². The van der Waals surface area contributed by atoms with E-state index in [1.807, 2.05) is 0 Å². The minimum absolute atomic E-state index is 0.270. The van der Waals surface area contributed by atoms with Crippen LogP contribution in [0.3, 0.4) is 0 Å². The fourth-order valence-corrected chi connectivity index (χ4v) is 1.43. The SMILES string of the molecule is O=C(Nc1ccc(Cl)cc1)c1cc[n+]([O-])cc1. The second-order valence-electron chi connectivity index (χ2n) is 3.41. The fourth-order valence-electron chi connectivity index (χ4n) is 1.30. The fraction of sp³-hybridized carbons (Fsp3) is 0. The molecule has 1 heterocycles. The second-order valence-corrected chi connectivity index (χ2v) is 3.84. The molecule has 1 amide bonds. The third-order valence-electron chi connectivity index (χ3n) is 2.17. The predicted octanol–water partition coefficient (Wildman–Crippen LogP) is 2.23. The van der Waals surface area contributed by atoms with Gasteiger partial charge in [-0.3, -0.25) is 4.79 Å². The number of hydrogen-bond acceptors (Lipinski definition) is 2. The van der Waals surface area contributed by atoms with Gasteiger partial charge in [0, 0.05) is 22.8 Å². The van der Waals surface area contributed by atoms with Gasteiger partial charge in [0.1, 0.15) is 0 Å². The molecule has 2 aromatic rings. The van der Waals surface area contributed by atoms with E-state index in [1.54, 1.807) is 24.3 Å². The molecule has 0 spiro atoms. The molecule has 2 rings (SSSR count). The largest absolute Gasteiger partial charge is 0.619 e. The molecule has 0 bridgehead atoms. The molecule has 1 aromatic heterocycles. The molecule has 0 fully saturated rings. The molecule has 17 heavy (non-hydrogen) atoms. The second kappa shape index (κ2) is 4.84. The summed E-state index contributed by atoms with van der Waals surface area (Å²) in [5, 5.41) is 14.1. The zero-order valence-corrected chi connectivity index (χ0v) is 9.52. The predicted molar refractivity (Wildman–Crippen MR) is 64.8 cm³/mol. The van der Waals surface area contributed by atoms with Crippen LogP contribution in [0.5, 0.6) is 0 Å². The maximum Gasteiger partial charge on any atom is 0.256 e. The van der Waals surface area contributed by atoms with Crippen molar-refractivity contribution in [3.8, 4) is 0 Å². The Labute approximate surface area is 103 Å². The molecular formula is C12H9ClN2O2. The molecule has 86 valence electrons. The Kier molecular flexibility index (Phi) is 3.25. The van der Waals surface area contributed by atoms with Gasteiger partial charge in [-0.2, -0.15) is 4.73 Å². The summed E-state index contributed by atoms with van der Waals surface area (Å²) in [6, 6.07) is 9.70. The van der Waals surface area contributed by atoms with Crippen LogP contribution in [0.2, 0.25) is 5.02 Å². The normalized spacial score (nSPS) is 9.94. The lowest BCUT2D eigenvalue weighted by atomic mass is 10.2. The molecule has 0 unspecified atom stereocenters. The van der Waals surface area contributed by atoms with Crippen LogP contribution >= 0.6 is 11.6 Å². The standard InChI is InChI=1S/C12H9ClN2O2/c13-10-1-3-11(4-2-10)14-12(16)9-5-7-15(17)8-6-9/h1-8H,(H,14,16). The Bertz CT molecular complexity index is 523. The van der Waals surface area contributed by atoms with Crippen LogP contribution < -0.4 is 10.0 Å². The van der Waals surface area contributed by atoms with Crippen molar-refractivity contribution in [1.29, 1.82) is 0 Å². The van der Waals surface area contributed by atoms with E-state index < -0.39 is 0 Å². The van der Waals surface area contributed by atoms with E-state index in [0.29, 0.717) is 21.0 Å². The maximum absolute atomic E-state index is 11.8. The highest BCUT2D eigenvalue weighted by molar-refractivity contribution is 6.30. The first-order valence-electron chi connectivity index (χ1n) is 4.91. The van der Waals surface area contributed by atoms with E-state index in [4.69, 9.17) is 11.6 Å². The number of anilines is 1. The van der Waals surface area contributed by atoms with Gasteiger partial charge in [0.15, 0.2) is 12.4 Å². The Morgan fingerprint density at radius 1 is 1.12 bits per heavy atom. The number of amides is 1. The Balaban J connectivity index is 2.11. The minimum Gasteiger partial charge on any atom is -0.619 e. The van der Waals surface area contributed by atoms with E-state index in [1.165, 1.54) is 24.5 Å². The Morgan fingerprint density at radius 2 is 1.71 bits per heavy atom. The van der Waals surface area contributed by atoms with Gasteiger partial charge in [0.05, 0.1) is 5.56 Å². The van der Waals surface area contributed by atoms with E-state index in [-0.39, 0.29) is 5.91 Å². The minimum atomic E-state index is -0.270. The quantitative estimate of drug-likeness (QED) is 0.655. The number of benzene rings is 1. The van der Waals surface area contributed by atoms with Gasteiger partial charge in [0.2, 0.25) is 0 Å². The summed E-state index contributed by atoms with van der Waals surface area (Å²) in [6.45, 7) is 0. The number of nitrogens with zero attached hydrogens (tertiary/aromatic N) is 1. The smallest absolute Gasteiger partial charge is 0.256 e. The van der Waals surface area contributed by atoms with Crippen LogP contribution in [0.4, 0.5) is 5.69 Å². The molecule has 0 saturated heterocycles. The highest BCUT2D eigenvalue weighted by Crippen LogP contribution is 2.14. The third-order valence-corrected chi connectivity index (χ3v) is 2.42. The lowest BCUT2D eigenvalue weighted by Crippen LogP contribution is -2.25. The van der Waals surface area contributed by atoms with Crippen molar-refractivity contribution < 1.29 is 9.52 Å². The summed E-state index contributed by atoms with van der Waals surface area (Å²) < 4.78 is 0.624. The molecule has 0 aliphatic heterocycles. The van der Waals surface area contributed by atoms with Crippen molar-refractivity contribution in [2.75, 3.05) is 5.32 Å². The van der Waals surface area contributed by atoms with Crippen molar-refractivity contribution in [2.45, 2.75) is 0 Å². The lowest BCUT2D eigenvalue weighted by molar-refractivity contribution is -0.605. The Morgan fingerprint density at radius 3 is 2.29 bits per heavy atom. The zero-order valence-electron chi connectivity index (χ0n) is 8.76. The average molecular weight is 249 g/mol. The van der Waals surface area contributed by atoms with Crippen molar-refractivity contribution in [3.63, 3.8) is 0 Å². The van der Waals surface area contributed by atoms with Gasteiger partial charge in [-0.15, -0.1) is 0 Å². The van der Waals surface area contributed by atoms with Gasteiger partial charge in [-0.1, -0.05) is 11.6 Å². The first-order valence-corrected chi connectivity index (χ1v) is 5.29. The van der Waals surface area contributed by atoms with Crippen LogP contribution in [0.25, 0.3) is 0 Å². The van der Waals surface area contributed by atoms with E-state index >= 15 is 0 Å². The van der Waals surface area contributed by atoms with Crippen molar-refractivity contribution in [3.05, 3.63) is 64.6 Å². The van der Waals surface area contributed by atoms with Crippen LogP contribution in [0, 0.1) is 5.21 Å². The molecule has 0 saturated carbocycles. The van der Waals surface area contributed by atoms with Crippen molar-refractivity contribution >= 4 is 23.2 Å². The first-order chi connectivity index (χ1) is 8.15. The Hall–Kier alpha value is -2.07. The number of aromatic nitrogens is 1. The molecule has 0 atom stereocenters. The monoisotopic (exact) mass is 248 g/mol. The molecule has 1 N–H and O–H groups in total. The van der Waals surface area contributed by atoms with Crippen molar-refractivity contribution in [2.24, 2.45) is 0 Å². The van der Waals surface area contributed by atoms with Gasteiger partial charge in [0.25, 0.3) is 5.91 Å². The van der Waals surface area contributed by atoms with Crippen LogP contribution in [0.1, 0.15) is 10.4 Å². The summed E-state index contributed by atoms with van der Waals surface area (Å²) in [7, 11) is 0. The number of hydrogen-bond donors (Lipinski definition) is 1. The highest BCUT2D eigenvalue weighted by atomic mass is 35.5. The molecular weight excluding hydrogens is 240 g/mol. The molecule has 0 radical (unpaired) electrons. The first kappa shape index (κ1) is 11.4. The van der Waals surface area contributed by atoms with Crippen LogP contribution in [0.15, 0.2) is 48.8 Å². The van der Waals surface area contributed by atoms with Crippen LogP contribution in [-0.2, 0) is 0 Å². The average Bonchev–Trinajstić information content (AvgIpc) is 2.33. The number of rotatable bonds is 2. The van der Waals surface area contributed by atoms with Gasteiger partial charge >= 0.3 is 0 Å². The highest BCUT2D eigenvalue weighted by Gasteiger charge is 2.06. The number of halogens is 1. The lowest BCUT2D eigenvalue weighted by Gasteiger charge is -2.04. The maximum atomic E-state index is 11.8. The van der Waals surface area contributed by atoms with Gasteiger partial charge in [-0.25, -0.2) is 0 Å². The summed E-state index contributed by atoms with van der Waals surface area (Å²) in [5.41, 5.74) is 1.07. The number of pyridine rings is 1. The molecule has 0 aliphatic carbocycles. The van der Waals surface area contributed by atoms with E-state index in [2.05, 4.69) is 5.32 Å². The van der Waals surface area contributed by atoms with E-state index in [9.17, 15) is 10.0 Å². The number of carbonyl (C=O) groups excluding carboxylic acids is 1. The molecule has 5 heteroatoms. The summed E-state index contributed by atoms with van der Waals surface area (Å²) >= 11 is 5.73. The summed E-state index contributed by atoms with van der Waals surface area (Å²) in [6.07, 6.45) is 2.55. The van der Waals surface area contributed by atoms with Crippen LogP contribution in [-0.4, -0.2) is 5.91 Å². The third kappa shape index (κ3) is 2.95. The topological polar surface area (TPSA) is 56.0 Å². The van der Waals surface area contributed by atoms with E-state index in [0.717, 1.165) is 0 Å². The summed E-state index contributed by atoms with van der Waals surface area (Å²) in [4.78, 5) is 11.8. The summed E-state index contributed by atoms with van der Waals surface area (Å²) in [5.74, 6) is -0.270.